The lowest BCUT2D eigenvalue weighted by Gasteiger charge is -2.15. The molecule has 20 heavy (non-hydrogen) atoms. The van der Waals surface area contributed by atoms with Crippen LogP contribution in [0.5, 0.6) is 5.88 Å². The maximum atomic E-state index is 12.8. The summed E-state index contributed by atoms with van der Waals surface area (Å²) in [4.78, 5) is 13.9. The summed E-state index contributed by atoms with van der Waals surface area (Å²) in [5.74, 6) is -3.26. The standard InChI is InChI=1S/C10H7ClF5NO3/c11-3-4-1-5(8(12)13)6(2-7(18)19)9(17-4)20-10(14,15)16/h1,8H,2-3H2,(H,18,19). The van der Waals surface area contributed by atoms with Crippen LogP contribution in [0, 0.1) is 0 Å². The highest BCUT2D eigenvalue weighted by molar-refractivity contribution is 6.16. The number of hydrogen-bond donors (Lipinski definition) is 1. The summed E-state index contributed by atoms with van der Waals surface area (Å²) >= 11 is 5.34. The summed E-state index contributed by atoms with van der Waals surface area (Å²) in [5.41, 5.74) is -2.02. The lowest BCUT2D eigenvalue weighted by Crippen LogP contribution is -2.21. The molecule has 0 saturated carbocycles. The number of hydrogen-bond acceptors (Lipinski definition) is 3. The van der Waals surface area contributed by atoms with E-state index in [9.17, 15) is 26.7 Å². The highest BCUT2D eigenvalue weighted by Crippen LogP contribution is 2.33. The Balaban J connectivity index is 3.42. The SMILES string of the molecule is O=C(O)Cc1c(C(F)F)cc(CCl)nc1OC(F)(F)F. The number of rotatable bonds is 5. The van der Waals surface area contributed by atoms with Crippen LogP contribution in [0.25, 0.3) is 0 Å². The minimum absolute atomic E-state index is 0.282. The topological polar surface area (TPSA) is 59.4 Å². The molecule has 1 aromatic heterocycles. The van der Waals surface area contributed by atoms with E-state index in [2.05, 4.69) is 9.72 Å². The van der Waals surface area contributed by atoms with Crippen molar-refractivity contribution in [1.82, 2.24) is 4.98 Å². The van der Waals surface area contributed by atoms with Crippen molar-refractivity contribution in [2.75, 3.05) is 0 Å². The van der Waals surface area contributed by atoms with Crippen LogP contribution in [-0.2, 0) is 17.1 Å². The van der Waals surface area contributed by atoms with Crippen LogP contribution in [0.3, 0.4) is 0 Å². The fourth-order valence-electron chi connectivity index (χ4n) is 1.41. The van der Waals surface area contributed by atoms with Gasteiger partial charge in [0, 0.05) is 11.1 Å². The number of aliphatic carboxylic acids is 1. The Hall–Kier alpha value is -1.64. The molecule has 0 aromatic carbocycles. The molecular weight excluding hydrogens is 313 g/mol. The van der Waals surface area contributed by atoms with Crippen LogP contribution < -0.4 is 4.74 Å². The van der Waals surface area contributed by atoms with Crippen molar-refractivity contribution in [3.63, 3.8) is 0 Å². The molecule has 4 nitrogen and oxygen atoms in total. The number of nitrogens with zero attached hydrogens (tertiary/aromatic N) is 1. The van der Waals surface area contributed by atoms with Gasteiger partial charge >= 0.3 is 12.3 Å². The number of carboxylic acids is 1. The van der Waals surface area contributed by atoms with Gasteiger partial charge in [0.1, 0.15) is 0 Å². The molecule has 1 aromatic rings. The highest BCUT2D eigenvalue weighted by Gasteiger charge is 2.34. The largest absolute Gasteiger partial charge is 0.574 e. The van der Waals surface area contributed by atoms with E-state index in [0.717, 1.165) is 6.07 Å². The molecule has 10 heteroatoms. The zero-order valence-corrected chi connectivity index (χ0v) is 10.3. The number of ether oxygens (including phenoxy) is 1. The van der Waals surface area contributed by atoms with Crippen molar-refractivity contribution < 1.29 is 36.6 Å². The Bertz CT molecular complexity index is 506. The van der Waals surface area contributed by atoms with Gasteiger partial charge in [-0.15, -0.1) is 24.8 Å². The first kappa shape index (κ1) is 16.4. The van der Waals surface area contributed by atoms with Crippen LogP contribution in [0.1, 0.15) is 23.2 Å². The molecule has 0 fully saturated rings. The Labute approximate surface area is 114 Å². The predicted molar refractivity (Wildman–Crippen MR) is 56.8 cm³/mol. The quantitative estimate of drug-likeness (QED) is 0.668. The minimum Gasteiger partial charge on any atom is -0.481 e. The van der Waals surface area contributed by atoms with E-state index in [4.69, 9.17) is 16.7 Å². The molecule has 0 saturated heterocycles. The molecule has 0 aliphatic heterocycles. The number of carboxylic acid groups (broad SMARTS) is 1. The van der Waals surface area contributed by atoms with Gasteiger partial charge in [0.2, 0.25) is 5.88 Å². The van der Waals surface area contributed by atoms with E-state index in [0.29, 0.717) is 0 Å². The van der Waals surface area contributed by atoms with Crippen molar-refractivity contribution >= 4 is 17.6 Å². The second kappa shape index (κ2) is 6.21. The van der Waals surface area contributed by atoms with E-state index in [-0.39, 0.29) is 5.69 Å². The van der Waals surface area contributed by atoms with Gasteiger partial charge in [-0.1, -0.05) is 0 Å². The minimum atomic E-state index is -5.19. The van der Waals surface area contributed by atoms with Crippen LogP contribution in [0.4, 0.5) is 22.0 Å². The van der Waals surface area contributed by atoms with Crippen molar-refractivity contribution in [2.45, 2.75) is 25.1 Å². The van der Waals surface area contributed by atoms with Crippen molar-refractivity contribution in [1.29, 1.82) is 0 Å². The third kappa shape index (κ3) is 4.48. The number of aromatic nitrogens is 1. The van der Waals surface area contributed by atoms with Gasteiger partial charge in [-0.25, -0.2) is 13.8 Å². The average Bonchev–Trinajstić information content (AvgIpc) is 2.28. The molecule has 0 bridgehead atoms. The van der Waals surface area contributed by atoms with Gasteiger partial charge in [-0.2, -0.15) is 0 Å². The molecule has 0 unspecified atom stereocenters. The van der Waals surface area contributed by atoms with Crippen molar-refractivity contribution in [3.8, 4) is 5.88 Å². The van der Waals surface area contributed by atoms with Crippen molar-refractivity contribution in [2.24, 2.45) is 0 Å². The number of alkyl halides is 6. The average molecular weight is 320 g/mol. The van der Waals surface area contributed by atoms with Gasteiger partial charge in [0.05, 0.1) is 18.0 Å². The monoisotopic (exact) mass is 319 g/mol. The first-order chi connectivity index (χ1) is 9.14. The maximum Gasteiger partial charge on any atom is 0.574 e. The van der Waals surface area contributed by atoms with Crippen LogP contribution in [0.2, 0.25) is 0 Å². The predicted octanol–water partition coefficient (Wildman–Crippen LogP) is 3.28. The molecule has 0 spiro atoms. The molecule has 0 aliphatic carbocycles. The number of halogens is 6. The van der Waals surface area contributed by atoms with E-state index in [1.54, 1.807) is 0 Å². The maximum absolute atomic E-state index is 12.8. The summed E-state index contributed by atoms with van der Waals surface area (Å²) in [6, 6.07) is 0.749. The fourth-order valence-corrected chi connectivity index (χ4v) is 1.54. The van der Waals surface area contributed by atoms with E-state index in [1.165, 1.54) is 0 Å². The summed E-state index contributed by atoms with van der Waals surface area (Å²) in [7, 11) is 0. The number of pyridine rings is 1. The van der Waals surface area contributed by atoms with Gasteiger partial charge in [-0.3, -0.25) is 4.79 Å². The van der Waals surface area contributed by atoms with Gasteiger partial charge in [0.25, 0.3) is 6.43 Å². The zero-order chi connectivity index (χ0) is 15.5. The van der Waals surface area contributed by atoms with Gasteiger partial charge in [-0.05, 0) is 6.07 Å². The molecule has 0 radical (unpaired) electrons. The molecule has 112 valence electrons. The zero-order valence-electron chi connectivity index (χ0n) is 9.55. The lowest BCUT2D eigenvalue weighted by molar-refractivity contribution is -0.276. The second-order valence-corrected chi connectivity index (χ2v) is 3.81. The Morgan fingerprint density at radius 1 is 1.45 bits per heavy atom. The van der Waals surface area contributed by atoms with Crippen LogP contribution in [-0.4, -0.2) is 22.4 Å². The second-order valence-electron chi connectivity index (χ2n) is 3.54. The first-order valence-corrected chi connectivity index (χ1v) is 5.52. The van der Waals surface area contributed by atoms with E-state index >= 15 is 0 Å². The summed E-state index contributed by atoms with van der Waals surface area (Å²) in [6.07, 6.45) is -9.46. The van der Waals surface area contributed by atoms with Crippen LogP contribution >= 0.6 is 11.6 Å². The van der Waals surface area contributed by atoms with Crippen LogP contribution in [0.15, 0.2) is 6.07 Å². The summed E-state index contributed by atoms with van der Waals surface area (Å²) in [6.45, 7) is 0. The molecule has 0 atom stereocenters. The Morgan fingerprint density at radius 3 is 2.45 bits per heavy atom. The third-order valence-electron chi connectivity index (χ3n) is 2.09. The Morgan fingerprint density at radius 2 is 2.05 bits per heavy atom. The molecular formula is C10H7ClF5NO3. The highest BCUT2D eigenvalue weighted by atomic mass is 35.5. The first-order valence-electron chi connectivity index (χ1n) is 4.98. The molecule has 0 aliphatic rings. The third-order valence-corrected chi connectivity index (χ3v) is 2.36. The van der Waals surface area contributed by atoms with Crippen molar-refractivity contribution in [3.05, 3.63) is 22.9 Å². The Kier molecular flexibility index (Phi) is 5.09. The number of carbonyl (C=O) groups is 1. The fraction of sp³-hybridized carbons (Fsp3) is 0.400. The molecule has 1 rings (SSSR count). The smallest absolute Gasteiger partial charge is 0.481 e. The van der Waals surface area contributed by atoms with Gasteiger partial charge < -0.3 is 9.84 Å². The molecule has 1 N–H and O–H groups in total. The summed E-state index contributed by atoms with van der Waals surface area (Å²) < 4.78 is 65.7. The molecule has 1 heterocycles. The molecule has 0 amide bonds. The lowest BCUT2D eigenvalue weighted by atomic mass is 10.1. The van der Waals surface area contributed by atoms with E-state index in [1.807, 2.05) is 0 Å². The summed E-state index contributed by atoms with van der Waals surface area (Å²) in [5, 5.41) is 8.59. The normalized spacial score (nSPS) is 11.8. The van der Waals surface area contributed by atoms with Gasteiger partial charge in [0.15, 0.2) is 0 Å². The van der Waals surface area contributed by atoms with E-state index < -0.39 is 48.1 Å².